The molecule has 10 aromatic carbocycles. The van der Waals surface area contributed by atoms with E-state index >= 15 is 0 Å². The maximum atomic E-state index is 6.71. The van der Waals surface area contributed by atoms with Crippen LogP contribution in [-0.2, 0) is 0 Å². The lowest BCUT2D eigenvalue weighted by Crippen LogP contribution is -2.76. The lowest BCUT2D eigenvalue weighted by Gasteiger charge is -2.40. The Labute approximate surface area is 366 Å². The summed E-state index contributed by atoms with van der Waals surface area (Å²) in [6, 6.07) is 86.7. The number of nitrogens with zero attached hydrogens (tertiary/aromatic N) is 1. The molecule has 0 radical (unpaired) electrons. The van der Waals surface area contributed by atoms with Crippen LogP contribution in [0.3, 0.4) is 0 Å². The highest BCUT2D eigenvalue weighted by molar-refractivity contribution is 7.26. The molecule has 62 heavy (non-hydrogen) atoms. The summed E-state index contributed by atoms with van der Waals surface area (Å²) in [5, 5.41) is 10.2. The number of para-hydroxylation sites is 2. The molecule has 0 saturated carbocycles. The second-order valence-corrected chi connectivity index (χ2v) is 20.8. The Kier molecular flexibility index (Phi) is 8.73. The molecule has 0 amide bonds. The maximum absolute atomic E-state index is 6.71. The number of anilines is 3. The standard InChI is InChI=1S/C58H39NOSSi/c1-3-16-40(17-4-1)43-34-37-50-51-26-15-27-52(58(51)61-55(50)38-43)59(44-35-32-42(33-36-44)49-25-13-19-41-18-7-8-24-48(41)49)45-20-14-23-47(39-45)62(46-21-5-2-6-22-46)56-30-11-9-28-53(56)60-54-29-10-12-31-57(54)62/h1-39H. The quantitative estimate of drug-likeness (QED) is 0.148. The SMILES string of the molecule is c1ccc(-c2ccc3c(c2)sc2c(N(c4ccc(-c5cccc6ccccc56)cc4)c4cccc([Si]5(c6ccccc6)c6ccccc6Oc6ccccc65)c4)cccc23)cc1. The van der Waals surface area contributed by atoms with Gasteiger partial charge in [-0.05, 0) is 102 Å². The second kappa shape index (κ2) is 14.9. The van der Waals surface area contributed by atoms with Crippen molar-refractivity contribution in [3.8, 4) is 33.8 Å². The number of fused-ring (bicyclic) bond motifs is 6. The average molecular weight is 826 g/mol. The summed E-state index contributed by atoms with van der Waals surface area (Å²) in [6.45, 7) is 0. The number of ether oxygens (including phenoxy) is 1. The highest BCUT2D eigenvalue weighted by Crippen LogP contribution is 2.46. The Balaban J connectivity index is 1.09. The lowest BCUT2D eigenvalue weighted by atomic mass is 9.98. The summed E-state index contributed by atoms with van der Waals surface area (Å²) in [7, 11) is -2.90. The lowest BCUT2D eigenvalue weighted by molar-refractivity contribution is 0.487. The minimum atomic E-state index is -2.90. The smallest absolute Gasteiger partial charge is 0.188 e. The van der Waals surface area contributed by atoms with Gasteiger partial charge >= 0.3 is 0 Å². The van der Waals surface area contributed by atoms with Gasteiger partial charge < -0.3 is 9.64 Å². The molecule has 1 aromatic heterocycles. The molecule has 1 aliphatic heterocycles. The van der Waals surface area contributed by atoms with Crippen molar-refractivity contribution in [1.29, 1.82) is 0 Å². The molecule has 0 atom stereocenters. The van der Waals surface area contributed by atoms with Crippen molar-refractivity contribution >= 4 is 88.2 Å². The van der Waals surface area contributed by atoms with Gasteiger partial charge in [0.15, 0.2) is 8.07 Å². The van der Waals surface area contributed by atoms with Crippen molar-refractivity contribution in [1.82, 2.24) is 0 Å². The zero-order chi connectivity index (χ0) is 41.0. The Morgan fingerprint density at radius 1 is 0.387 bits per heavy atom. The Hall–Kier alpha value is -7.50. The second-order valence-electron chi connectivity index (χ2n) is 16.0. The van der Waals surface area contributed by atoms with Crippen LogP contribution in [0.25, 0.3) is 53.2 Å². The van der Waals surface area contributed by atoms with Crippen molar-refractivity contribution in [2.75, 3.05) is 4.90 Å². The van der Waals surface area contributed by atoms with Gasteiger partial charge in [0.05, 0.1) is 10.4 Å². The van der Waals surface area contributed by atoms with Gasteiger partial charge in [0.25, 0.3) is 0 Å². The summed E-state index contributed by atoms with van der Waals surface area (Å²) in [4.78, 5) is 2.48. The molecule has 0 saturated heterocycles. The fraction of sp³-hybridized carbons (Fsp3) is 0. The molecular formula is C58H39NOSSi. The fourth-order valence-electron chi connectivity index (χ4n) is 9.81. The molecule has 1 aliphatic rings. The number of hydrogen-bond acceptors (Lipinski definition) is 3. The number of hydrogen-bond donors (Lipinski definition) is 0. The zero-order valence-corrected chi connectivity index (χ0v) is 35.6. The molecule has 0 fully saturated rings. The maximum Gasteiger partial charge on any atom is 0.188 e. The van der Waals surface area contributed by atoms with E-state index in [1.54, 1.807) is 0 Å². The molecule has 11 aromatic rings. The first-order valence-corrected chi connectivity index (χ1v) is 24.0. The molecule has 0 spiro atoms. The van der Waals surface area contributed by atoms with Crippen LogP contribution >= 0.6 is 11.3 Å². The van der Waals surface area contributed by atoms with E-state index < -0.39 is 8.07 Å². The van der Waals surface area contributed by atoms with E-state index in [0.29, 0.717) is 0 Å². The molecule has 0 aliphatic carbocycles. The van der Waals surface area contributed by atoms with Gasteiger partial charge in [0, 0.05) is 26.8 Å². The third-order valence-electron chi connectivity index (χ3n) is 12.6. The number of benzene rings is 10. The van der Waals surface area contributed by atoms with Crippen LogP contribution in [0.4, 0.5) is 17.1 Å². The van der Waals surface area contributed by atoms with Crippen molar-refractivity contribution in [3.63, 3.8) is 0 Å². The minimum Gasteiger partial charge on any atom is -0.458 e. The summed E-state index contributed by atoms with van der Waals surface area (Å²) >= 11 is 1.88. The topological polar surface area (TPSA) is 12.5 Å². The van der Waals surface area contributed by atoms with Gasteiger partial charge in [-0.2, -0.15) is 0 Å². The van der Waals surface area contributed by atoms with Crippen LogP contribution in [0.1, 0.15) is 0 Å². The first-order valence-electron chi connectivity index (χ1n) is 21.2. The normalized spacial score (nSPS) is 12.8. The third-order valence-corrected chi connectivity index (χ3v) is 18.6. The molecule has 4 heteroatoms. The van der Waals surface area contributed by atoms with Crippen LogP contribution < -0.4 is 30.4 Å². The van der Waals surface area contributed by atoms with Gasteiger partial charge in [-0.15, -0.1) is 11.3 Å². The molecule has 0 bridgehead atoms. The van der Waals surface area contributed by atoms with Crippen molar-refractivity contribution in [2.24, 2.45) is 0 Å². The average Bonchev–Trinajstić information content (AvgIpc) is 3.73. The van der Waals surface area contributed by atoms with E-state index in [-0.39, 0.29) is 0 Å². The molecule has 292 valence electrons. The third kappa shape index (κ3) is 5.83. The van der Waals surface area contributed by atoms with Crippen LogP contribution in [0.2, 0.25) is 0 Å². The first kappa shape index (κ1) is 36.4. The van der Waals surface area contributed by atoms with E-state index in [9.17, 15) is 0 Å². The van der Waals surface area contributed by atoms with E-state index in [1.807, 2.05) is 11.3 Å². The van der Waals surface area contributed by atoms with Crippen LogP contribution in [0, 0.1) is 0 Å². The molecule has 0 unspecified atom stereocenters. The zero-order valence-electron chi connectivity index (χ0n) is 33.8. The largest absolute Gasteiger partial charge is 0.458 e. The number of thiophene rings is 1. The van der Waals surface area contributed by atoms with Crippen molar-refractivity contribution in [3.05, 3.63) is 237 Å². The first-order chi connectivity index (χ1) is 30.7. The van der Waals surface area contributed by atoms with Crippen LogP contribution in [0.5, 0.6) is 11.5 Å². The summed E-state index contributed by atoms with van der Waals surface area (Å²) in [5.41, 5.74) is 8.25. The monoisotopic (exact) mass is 825 g/mol. The number of rotatable bonds is 7. The fourth-order valence-corrected chi connectivity index (χ4v) is 16.0. The van der Waals surface area contributed by atoms with E-state index in [2.05, 4.69) is 241 Å². The Morgan fingerprint density at radius 3 is 1.79 bits per heavy atom. The Morgan fingerprint density at radius 2 is 1.00 bits per heavy atom. The summed E-state index contributed by atoms with van der Waals surface area (Å²) < 4.78 is 9.24. The van der Waals surface area contributed by atoms with Crippen molar-refractivity contribution in [2.45, 2.75) is 0 Å². The molecule has 0 N–H and O–H groups in total. The van der Waals surface area contributed by atoms with E-state index in [4.69, 9.17) is 4.74 Å². The van der Waals surface area contributed by atoms with E-state index in [1.165, 1.54) is 73.9 Å². The molecule has 2 nitrogen and oxygen atoms in total. The molecular weight excluding hydrogens is 787 g/mol. The summed E-state index contributed by atoms with van der Waals surface area (Å²) in [6.07, 6.45) is 0. The van der Waals surface area contributed by atoms with Crippen LogP contribution in [-0.4, -0.2) is 8.07 Å². The highest BCUT2D eigenvalue weighted by atomic mass is 32.1. The van der Waals surface area contributed by atoms with Gasteiger partial charge in [0.2, 0.25) is 0 Å². The highest BCUT2D eigenvalue weighted by Gasteiger charge is 2.48. The van der Waals surface area contributed by atoms with Gasteiger partial charge in [-0.3, -0.25) is 0 Å². The summed E-state index contributed by atoms with van der Waals surface area (Å²) in [5.74, 6) is 1.86. The minimum absolute atomic E-state index is 0.929. The predicted molar refractivity (Wildman–Crippen MR) is 266 cm³/mol. The van der Waals surface area contributed by atoms with Crippen LogP contribution in [0.15, 0.2) is 237 Å². The Bertz CT molecular complexity index is 3400. The van der Waals surface area contributed by atoms with Crippen molar-refractivity contribution < 1.29 is 4.74 Å². The van der Waals surface area contributed by atoms with Gasteiger partial charge in [-0.1, -0.05) is 188 Å². The van der Waals surface area contributed by atoms with Gasteiger partial charge in [-0.25, -0.2) is 0 Å². The molecule has 2 heterocycles. The molecule has 12 rings (SSSR count). The van der Waals surface area contributed by atoms with Gasteiger partial charge in [0.1, 0.15) is 11.5 Å². The predicted octanol–water partition coefficient (Wildman–Crippen LogP) is 13.5. The van der Waals surface area contributed by atoms with E-state index in [0.717, 1.165) is 28.6 Å².